The van der Waals surface area contributed by atoms with E-state index < -0.39 is 0 Å². The Bertz CT molecular complexity index is 807. The number of aryl methyl sites for hydroxylation is 1. The maximum Gasteiger partial charge on any atom is 0.240 e. The molecule has 0 unspecified atom stereocenters. The lowest BCUT2D eigenvalue weighted by atomic mass is 10.2. The van der Waals surface area contributed by atoms with Gasteiger partial charge < -0.3 is 5.32 Å². The van der Waals surface area contributed by atoms with Crippen LogP contribution in [-0.2, 0) is 9.59 Å². The fraction of sp³-hybridized carbons (Fsp3) is 0.167. The normalized spacial score (nSPS) is 10.7. The van der Waals surface area contributed by atoms with Gasteiger partial charge in [0.05, 0.1) is 11.2 Å². The van der Waals surface area contributed by atoms with Crippen molar-refractivity contribution in [3.05, 3.63) is 63.6 Å². The molecule has 0 bridgehead atoms. The molecule has 130 valence electrons. The van der Waals surface area contributed by atoms with Gasteiger partial charge in [0.25, 0.3) is 0 Å². The first-order valence-corrected chi connectivity index (χ1v) is 8.34. The molecular formula is C18H17Cl2N3O2. The summed E-state index contributed by atoms with van der Waals surface area (Å²) in [6.45, 7) is 1.90. The van der Waals surface area contributed by atoms with Crippen molar-refractivity contribution in [2.75, 3.05) is 5.32 Å². The van der Waals surface area contributed by atoms with Crippen LogP contribution in [0.15, 0.2) is 47.6 Å². The number of carbonyl (C=O) groups is 2. The minimum Gasteiger partial charge on any atom is -0.326 e. The Balaban J connectivity index is 1.77. The van der Waals surface area contributed by atoms with Gasteiger partial charge in [-0.05, 0) is 30.7 Å². The lowest BCUT2D eigenvalue weighted by molar-refractivity contribution is -0.124. The maximum absolute atomic E-state index is 11.9. The predicted octanol–water partition coefficient (Wildman–Crippen LogP) is 4.17. The van der Waals surface area contributed by atoms with Gasteiger partial charge in [-0.2, -0.15) is 5.10 Å². The number of nitrogens with zero attached hydrogens (tertiary/aromatic N) is 1. The first-order valence-electron chi connectivity index (χ1n) is 7.58. The van der Waals surface area contributed by atoms with Crippen LogP contribution in [0.4, 0.5) is 5.69 Å². The lowest BCUT2D eigenvalue weighted by Crippen LogP contribution is -2.20. The molecular weight excluding hydrogens is 361 g/mol. The molecule has 0 fully saturated rings. The first kappa shape index (κ1) is 19.0. The van der Waals surface area contributed by atoms with Gasteiger partial charge in [-0.1, -0.05) is 47.5 Å². The number of nitrogens with one attached hydrogen (secondary N) is 2. The summed E-state index contributed by atoms with van der Waals surface area (Å²) in [7, 11) is 0. The molecule has 2 aromatic carbocycles. The van der Waals surface area contributed by atoms with E-state index in [9.17, 15) is 9.59 Å². The summed E-state index contributed by atoms with van der Waals surface area (Å²) >= 11 is 11.8. The molecule has 2 rings (SSSR count). The van der Waals surface area contributed by atoms with Gasteiger partial charge in [-0.3, -0.25) is 9.59 Å². The highest BCUT2D eigenvalue weighted by Crippen LogP contribution is 2.19. The molecule has 0 saturated carbocycles. The third-order valence-corrected chi connectivity index (χ3v) is 3.92. The van der Waals surface area contributed by atoms with Crippen molar-refractivity contribution in [3.8, 4) is 0 Å². The number of hydrogen-bond acceptors (Lipinski definition) is 3. The number of benzene rings is 2. The van der Waals surface area contributed by atoms with E-state index in [0.29, 0.717) is 15.6 Å². The smallest absolute Gasteiger partial charge is 0.240 e. The van der Waals surface area contributed by atoms with Crippen LogP contribution < -0.4 is 10.7 Å². The van der Waals surface area contributed by atoms with Crippen molar-refractivity contribution < 1.29 is 9.59 Å². The van der Waals surface area contributed by atoms with Crippen LogP contribution in [0.2, 0.25) is 10.0 Å². The van der Waals surface area contributed by atoms with Crippen LogP contribution in [-0.4, -0.2) is 18.0 Å². The number of amides is 2. The van der Waals surface area contributed by atoms with E-state index in [0.717, 1.165) is 11.3 Å². The van der Waals surface area contributed by atoms with Crippen LogP contribution in [0.3, 0.4) is 0 Å². The zero-order valence-corrected chi connectivity index (χ0v) is 15.1. The Morgan fingerprint density at radius 2 is 1.80 bits per heavy atom. The number of carbonyl (C=O) groups excluding carboxylic acids is 2. The molecule has 0 aliphatic rings. The van der Waals surface area contributed by atoms with Crippen molar-refractivity contribution in [1.82, 2.24) is 5.43 Å². The number of anilines is 1. The van der Waals surface area contributed by atoms with E-state index >= 15 is 0 Å². The molecule has 0 aliphatic carbocycles. The van der Waals surface area contributed by atoms with Gasteiger partial charge in [-0.15, -0.1) is 0 Å². The van der Waals surface area contributed by atoms with Gasteiger partial charge >= 0.3 is 0 Å². The topological polar surface area (TPSA) is 70.6 Å². The Morgan fingerprint density at radius 3 is 2.52 bits per heavy atom. The average molecular weight is 378 g/mol. The largest absolute Gasteiger partial charge is 0.326 e. The van der Waals surface area contributed by atoms with Gasteiger partial charge in [0.2, 0.25) is 11.8 Å². The van der Waals surface area contributed by atoms with Crippen LogP contribution in [0.25, 0.3) is 0 Å². The SMILES string of the molecule is Cc1ccccc1NC(=O)CCC(=O)N/N=C/c1ccc(Cl)cc1Cl. The average Bonchev–Trinajstić information content (AvgIpc) is 2.57. The van der Waals surface area contributed by atoms with Crippen LogP contribution in [0.5, 0.6) is 0 Å². The van der Waals surface area contributed by atoms with Gasteiger partial charge in [0.1, 0.15) is 0 Å². The molecule has 25 heavy (non-hydrogen) atoms. The molecule has 5 nitrogen and oxygen atoms in total. The summed E-state index contributed by atoms with van der Waals surface area (Å²) in [6, 6.07) is 12.4. The van der Waals surface area contributed by atoms with Crippen molar-refractivity contribution in [1.29, 1.82) is 0 Å². The minimum atomic E-state index is -0.360. The maximum atomic E-state index is 11.9. The summed E-state index contributed by atoms with van der Waals surface area (Å²) in [4.78, 5) is 23.6. The summed E-state index contributed by atoms with van der Waals surface area (Å²) < 4.78 is 0. The van der Waals surface area contributed by atoms with Crippen LogP contribution in [0.1, 0.15) is 24.0 Å². The van der Waals surface area contributed by atoms with Crippen molar-refractivity contribution >= 4 is 46.9 Å². The molecule has 0 aliphatic heterocycles. The second-order valence-corrected chi connectivity index (χ2v) is 6.17. The van der Waals surface area contributed by atoms with E-state index in [4.69, 9.17) is 23.2 Å². The molecule has 0 saturated heterocycles. The molecule has 2 N–H and O–H groups in total. The van der Waals surface area contributed by atoms with Crippen LogP contribution >= 0.6 is 23.2 Å². The highest BCUT2D eigenvalue weighted by Gasteiger charge is 2.08. The van der Waals surface area contributed by atoms with Gasteiger partial charge in [0, 0.05) is 29.1 Å². The minimum absolute atomic E-state index is 0.0312. The fourth-order valence-corrected chi connectivity index (χ4v) is 2.45. The lowest BCUT2D eigenvalue weighted by Gasteiger charge is -2.07. The van der Waals surface area contributed by atoms with Crippen molar-refractivity contribution in [3.63, 3.8) is 0 Å². The van der Waals surface area contributed by atoms with E-state index in [2.05, 4.69) is 15.8 Å². The Morgan fingerprint density at radius 1 is 1.08 bits per heavy atom. The molecule has 7 heteroatoms. The first-order chi connectivity index (χ1) is 12.0. The van der Waals surface area contributed by atoms with Gasteiger partial charge in [0.15, 0.2) is 0 Å². The predicted molar refractivity (Wildman–Crippen MR) is 101 cm³/mol. The molecule has 0 radical (unpaired) electrons. The van der Waals surface area contributed by atoms with Crippen molar-refractivity contribution in [2.24, 2.45) is 5.10 Å². The van der Waals surface area contributed by atoms with Gasteiger partial charge in [-0.25, -0.2) is 5.43 Å². The van der Waals surface area contributed by atoms with E-state index in [-0.39, 0.29) is 24.7 Å². The molecule has 0 aromatic heterocycles. The summed E-state index contributed by atoms with van der Waals surface area (Å²) in [5, 5.41) is 7.55. The number of hydrazone groups is 1. The second-order valence-electron chi connectivity index (χ2n) is 5.32. The molecule has 2 aromatic rings. The monoisotopic (exact) mass is 377 g/mol. The van der Waals surface area contributed by atoms with Crippen LogP contribution in [0, 0.1) is 6.92 Å². The van der Waals surface area contributed by atoms with E-state index in [1.54, 1.807) is 18.2 Å². The fourth-order valence-electron chi connectivity index (χ4n) is 1.99. The Labute approximate surface area is 156 Å². The zero-order chi connectivity index (χ0) is 18.2. The molecule has 0 atom stereocenters. The second kappa shape index (κ2) is 9.20. The third-order valence-electron chi connectivity index (χ3n) is 3.35. The Kier molecular flexibility index (Phi) is 6.98. The van der Waals surface area contributed by atoms with Crippen molar-refractivity contribution in [2.45, 2.75) is 19.8 Å². The number of halogens is 2. The highest BCUT2D eigenvalue weighted by atomic mass is 35.5. The highest BCUT2D eigenvalue weighted by molar-refractivity contribution is 6.36. The Hall–Kier alpha value is -2.37. The quantitative estimate of drug-likeness (QED) is 0.585. The molecule has 0 heterocycles. The zero-order valence-electron chi connectivity index (χ0n) is 13.6. The standard InChI is InChI=1S/C18H17Cl2N3O2/c1-12-4-2-3-5-16(12)22-17(24)8-9-18(25)23-21-11-13-6-7-14(19)10-15(13)20/h2-7,10-11H,8-9H2,1H3,(H,22,24)(H,23,25)/b21-11+. The van der Waals surface area contributed by atoms with E-state index in [1.807, 2.05) is 31.2 Å². The molecule has 0 spiro atoms. The summed E-state index contributed by atoms with van der Waals surface area (Å²) in [5.74, 6) is -0.588. The summed E-state index contributed by atoms with van der Waals surface area (Å²) in [5.41, 5.74) is 4.69. The third kappa shape index (κ3) is 6.21. The number of rotatable bonds is 6. The number of hydrogen-bond donors (Lipinski definition) is 2. The molecule has 2 amide bonds. The number of para-hydroxylation sites is 1. The summed E-state index contributed by atoms with van der Waals surface area (Å²) in [6.07, 6.45) is 1.52. The van der Waals surface area contributed by atoms with E-state index in [1.165, 1.54) is 6.21 Å².